The molecule has 3 heterocycles. The number of aliphatic hydroxyl groups excluding tert-OH is 2. The molecule has 2 unspecified atom stereocenters. The SMILES string of the molecule is Nc1nc2c(ncn2[C@@H]2O[C@@](COP(=O)(O)OP(=O)(O)OP(=O)(O)O)(C(F)F)[C@@H](O)[C@H]2O)c(=O)[nH]1. The predicted molar refractivity (Wildman–Crippen MR) is 103 cm³/mol. The van der Waals surface area contributed by atoms with E-state index in [4.69, 9.17) is 25.2 Å². The van der Waals surface area contributed by atoms with Crippen LogP contribution in [0.2, 0.25) is 0 Å². The summed E-state index contributed by atoms with van der Waals surface area (Å²) in [5.41, 5.74) is 0.575. The lowest BCUT2D eigenvalue weighted by Crippen LogP contribution is -2.52. The van der Waals surface area contributed by atoms with Crippen molar-refractivity contribution >= 4 is 40.6 Å². The number of aromatic nitrogens is 4. The molecule has 0 amide bonds. The number of nitrogens with one attached hydrogen (secondary N) is 1. The van der Waals surface area contributed by atoms with Gasteiger partial charge < -0.3 is 40.3 Å². The van der Waals surface area contributed by atoms with E-state index in [1.54, 1.807) is 0 Å². The molecule has 9 N–H and O–H groups in total. The second-order valence-electron chi connectivity index (χ2n) is 6.84. The van der Waals surface area contributed by atoms with Crippen LogP contribution in [0.1, 0.15) is 6.23 Å². The van der Waals surface area contributed by atoms with E-state index in [2.05, 4.69) is 28.1 Å². The largest absolute Gasteiger partial charge is 0.490 e. The van der Waals surface area contributed by atoms with Crippen LogP contribution in [-0.2, 0) is 31.6 Å². The van der Waals surface area contributed by atoms with E-state index >= 15 is 0 Å². The highest BCUT2D eigenvalue weighted by atomic mass is 31.3. The molecule has 6 atom stereocenters. The maximum atomic E-state index is 14.0. The second-order valence-corrected chi connectivity index (χ2v) is 11.3. The maximum Gasteiger partial charge on any atom is 0.490 e. The van der Waals surface area contributed by atoms with Crippen molar-refractivity contribution in [2.75, 3.05) is 12.3 Å². The number of hydrogen-bond acceptors (Lipinski definition) is 13. The predicted octanol–water partition coefficient (Wildman–Crippen LogP) is -1.70. The molecule has 1 fully saturated rings. The van der Waals surface area contributed by atoms with Gasteiger partial charge in [-0.05, 0) is 0 Å². The maximum absolute atomic E-state index is 14.0. The van der Waals surface area contributed by atoms with Crippen LogP contribution >= 0.6 is 23.5 Å². The first kappa shape index (κ1) is 27.9. The van der Waals surface area contributed by atoms with E-state index in [1.165, 1.54) is 0 Å². The van der Waals surface area contributed by atoms with E-state index < -0.39 is 72.0 Å². The Morgan fingerprint density at radius 3 is 2.40 bits per heavy atom. The Morgan fingerprint density at radius 1 is 1.20 bits per heavy atom. The summed E-state index contributed by atoms with van der Waals surface area (Å²) < 4.78 is 78.8. The number of halogens is 2. The number of phosphoric acid groups is 3. The fourth-order valence-electron chi connectivity index (χ4n) is 3.01. The molecular weight excluding hydrogens is 557 g/mol. The number of fused-ring (bicyclic) bond motifs is 1. The molecule has 0 spiro atoms. The highest BCUT2D eigenvalue weighted by Crippen LogP contribution is 2.66. The van der Waals surface area contributed by atoms with Crippen molar-refractivity contribution in [3.8, 4) is 0 Å². The molecule has 19 nitrogen and oxygen atoms in total. The van der Waals surface area contributed by atoms with Gasteiger partial charge in [0.1, 0.15) is 12.2 Å². The van der Waals surface area contributed by atoms with Gasteiger partial charge in [-0.3, -0.25) is 18.9 Å². The molecule has 1 aliphatic heterocycles. The Labute approximate surface area is 190 Å². The fourth-order valence-corrected chi connectivity index (χ4v) is 6.07. The average molecular weight is 573 g/mol. The summed E-state index contributed by atoms with van der Waals surface area (Å²) in [6.07, 6.45) is -9.65. The van der Waals surface area contributed by atoms with Crippen LogP contribution in [0.15, 0.2) is 11.1 Å². The minimum atomic E-state index is -5.97. The highest BCUT2D eigenvalue weighted by molar-refractivity contribution is 7.66. The van der Waals surface area contributed by atoms with Crippen molar-refractivity contribution < 1.29 is 70.1 Å². The first-order chi connectivity index (χ1) is 15.9. The van der Waals surface area contributed by atoms with E-state index in [-0.39, 0.29) is 11.2 Å². The Balaban J connectivity index is 1.88. The van der Waals surface area contributed by atoms with Crippen LogP contribution in [0.25, 0.3) is 11.2 Å². The van der Waals surface area contributed by atoms with Crippen LogP contribution in [0.3, 0.4) is 0 Å². The Kier molecular flexibility index (Phi) is 7.42. The number of phosphoric ester groups is 1. The Morgan fingerprint density at radius 2 is 1.83 bits per heavy atom. The number of aromatic amines is 1. The lowest BCUT2D eigenvalue weighted by Gasteiger charge is -2.31. The van der Waals surface area contributed by atoms with E-state index in [9.17, 15) is 42.4 Å². The molecule has 0 aromatic carbocycles. The molecule has 2 aromatic rings. The topological polar surface area (TPSA) is 299 Å². The number of aliphatic hydroxyl groups is 2. The molecule has 0 saturated carbocycles. The summed E-state index contributed by atoms with van der Waals surface area (Å²) in [4.78, 5) is 57.1. The Bertz CT molecular complexity index is 1310. The number of H-pyrrole nitrogens is 1. The summed E-state index contributed by atoms with van der Waals surface area (Å²) in [5, 5.41) is 20.6. The molecule has 0 aliphatic carbocycles. The van der Waals surface area contributed by atoms with Crippen LogP contribution in [0.4, 0.5) is 14.7 Å². The second kappa shape index (κ2) is 9.31. The lowest BCUT2D eigenvalue weighted by molar-refractivity contribution is -0.192. The van der Waals surface area contributed by atoms with Gasteiger partial charge in [0.15, 0.2) is 23.0 Å². The lowest BCUT2D eigenvalue weighted by atomic mass is 9.96. The van der Waals surface area contributed by atoms with Crippen molar-refractivity contribution in [3.63, 3.8) is 0 Å². The number of nitrogens with two attached hydrogens (primary N) is 1. The summed E-state index contributed by atoms with van der Waals surface area (Å²) in [6, 6.07) is 0. The van der Waals surface area contributed by atoms with E-state index in [0.29, 0.717) is 0 Å². The van der Waals surface area contributed by atoms with Crippen molar-refractivity contribution in [2.24, 2.45) is 0 Å². The molecule has 3 rings (SSSR count). The summed E-state index contributed by atoms with van der Waals surface area (Å²) in [7, 11) is -17.6. The first-order valence-electron chi connectivity index (χ1n) is 8.70. The van der Waals surface area contributed by atoms with E-state index in [0.717, 1.165) is 10.9 Å². The van der Waals surface area contributed by atoms with Crippen LogP contribution < -0.4 is 11.3 Å². The fraction of sp³-hybridized carbons (Fsp3) is 0.545. The van der Waals surface area contributed by atoms with Crippen molar-refractivity contribution in [3.05, 3.63) is 16.7 Å². The smallest absolute Gasteiger partial charge is 0.387 e. The summed E-state index contributed by atoms with van der Waals surface area (Å²) >= 11 is 0. The minimum absolute atomic E-state index is 0.354. The number of imidazole rings is 1. The molecule has 0 bridgehead atoms. The van der Waals surface area contributed by atoms with Gasteiger partial charge in [-0.1, -0.05) is 0 Å². The highest BCUT2D eigenvalue weighted by Gasteiger charge is 2.62. The standard InChI is InChI=1S/C11H16F2N5O14P3/c12-9(13)11(1-29-34(25,26)32-35(27,28)31-33(22,23)24)5(20)4(19)8(30-11)18-2-15-3-6(18)16-10(14)17-7(3)21/h2,4-5,8-9,19-20H,1H2,(H,25,26)(H,27,28)(H2,22,23,24)(H3,14,16,17,21)/t4-,5+,8-,11-/m1/s1. The van der Waals surface area contributed by atoms with Gasteiger partial charge in [0.25, 0.3) is 12.0 Å². The number of nitrogen functional groups attached to an aromatic ring is 1. The molecule has 35 heavy (non-hydrogen) atoms. The molecule has 198 valence electrons. The number of nitrogens with zero attached hydrogens (tertiary/aromatic N) is 3. The number of anilines is 1. The van der Waals surface area contributed by atoms with Crippen LogP contribution in [-0.4, -0.2) is 80.1 Å². The third-order valence-electron chi connectivity index (χ3n) is 4.42. The monoisotopic (exact) mass is 573 g/mol. The number of ether oxygens (including phenoxy) is 1. The first-order valence-corrected chi connectivity index (χ1v) is 13.2. The molecule has 1 saturated heterocycles. The van der Waals surface area contributed by atoms with Crippen LogP contribution in [0, 0.1) is 0 Å². The third kappa shape index (κ3) is 5.83. The molecular formula is C11H16F2N5O14P3. The number of rotatable bonds is 9. The molecule has 0 radical (unpaired) electrons. The minimum Gasteiger partial charge on any atom is -0.387 e. The summed E-state index contributed by atoms with van der Waals surface area (Å²) in [6.45, 7) is -1.79. The zero-order valence-electron chi connectivity index (χ0n) is 16.6. The van der Waals surface area contributed by atoms with Gasteiger partial charge in [-0.2, -0.15) is 13.6 Å². The van der Waals surface area contributed by atoms with Crippen molar-refractivity contribution in [1.82, 2.24) is 19.5 Å². The zero-order chi connectivity index (χ0) is 26.6. The van der Waals surface area contributed by atoms with Gasteiger partial charge in [-0.15, -0.1) is 0 Å². The molecule has 24 heteroatoms. The van der Waals surface area contributed by atoms with Crippen molar-refractivity contribution in [2.45, 2.75) is 30.5 Å². The number of hydrogen-bond donors (Lipinski definition) is 8. The van der Waals surface area contributed by atoms with Crippen molar-refractivity contribution in [1.29, 1.82) is 0 Å². The van der Waals surface area contributed by atoms with Gasteiger partial charge in [-0.25, -0.2) is 27.5 Å². The normalized spacial score (nSPS) is 28.9. The van der Waals surface area contributed by atoms with E-state index in [1.807, 2.05) is 0 Å². The zero-order valence-corrected chi connectivity index (χ0v) is 19.2. The van der Waals surface area contributed by atoms with Gasteiger partial charge in [0.05, 0.1) is 12.9 Å². The molecule has 1 aliphatic rings. The van der Waals surface area contributed by atoms with Gasteiger partial charge >= 0.3 is 23.5 Å². The quantitative estimate of drug-likeness (QED) is 0.155. The van der Waals surface area contributed by atoms with Crippen LogP contribution in [0.5, 0.6) is 0 Å². The average Bonchev–Trinajstić information content (AvgIpc) is 3.18. The third-order valence-corrected chi connectivity index (χ3v) is 8.20. The molecule has 2 aromatic heterocycles. The van der Waals surface area contributed by atoms with Gasteiger partial charge in [0.2, 0.25) is 5.95 Å². The summed E-state index contributed by atoms with van der Waals surface area (Å²) in [5.74, 6) is -0.426. The van der Waals surface area contributed by atoms with Gasteiger partial charge in [0, 0.05) is 0 Å². The Hall–Kier alpha value is -1.70. The number of alkyl halides is 2.